The molecule has 0 radical (unpaired) electrons. The van der Waals surface area contributed by atoms with Crippen molar-refractivity contribution in [3.63, 3.8) is 0 Å². The smallest absolute Gasteiger partial charge is 0.0565 e. The first-order chi connectivity index (χ1) is 7.95. The van der Waals surface area contributed by atoms with Crippen molar-refractivity contribution in [3.8, 4) is 11.1 Å². The zero-order valence-corrected chi connectivity index (χ0v) is 9.11. The molecule has 1 aromatic heterocycles. The van der Waals surface area contributed by atoms with E-state index in [4.69, 9.17) is 0 Å². The Labute approximate surface area is 94.9 Å². The van der Waals surface area contributed by atoms with E-state index >= 15 is 0 Å². The van der Waals surface area contributed by atoms with Gasteiger partial charge in [-0.25, -0.2) is 0 Å². The lowest BCUT2D eigenvalue weighted by Gasteiger charge is -2.13. The van der Waals surface area contributed by atoms with Gasteiger partial charge in [0.1, 0.15) is 0 Å². The molecule has 1 atom stereocenters. The van der Waals surface area contributed by atoms with Gasteiger partial charge >= 0.3 is 0 Å². The Kier molecular flexibility index (Phi) is 2.46. The zero-order chi connectivity index (χ0) is 10.8. The second-order valence-corrected chi connectivity index (χ2v) is 4.26. The molecule has 3 nitrogen and oxygen atoms in total. The van der Waals surface area contributed by atoms with Crippen LogP contribution in [0.2, 0.25) is 0 Å². The number of hydrogen-bond acceptors (Lipinski definition) is 2. The standard InChI is InChI=1S/C13H15N3/c1-2-4-13(11-8-15-16-9-11)12(3-1)10-5-6-14-7-10/h1-4,8-10,14H,5-7H2,(H,15,16). The molecule has 1 saturated heterocycles. The quantitative estimate of drug-likeness (QED) is 0.802. The van der Waals surface area contributed by atoms with Crippen LogP contribution in [0.1, 0.15) is 17.9 Å². The molecule has 0 amide bonds. The van der Waals surface area contributed by atoms with E-state index in [9.17, 15) is 0 Å². The van der Waals surface area contributed by atoms with Gasteiger partial charge in [-0.1, -0.05) is 24.3 Å². The van der Waals surface area contributed by atoms with Gasteiger partial charge in [-0.3, -0.25) is 5.10 Å². The predicted molar refractivity (Wildman–Crippen MR) is 64.3 cm³/mol. The average molecular weight is 213 g/mol. The fourth-order valence-electron chi connectivity index (χ4n) is 2.43. The van der Waals surface area contributed by atoms with E-state index in [-0.39, 0.29) is 0 Å². The Balaban J connectivity index is 2.04. The van der Waals surface area contributed by atoms with Gasteiger partial charge in [0.15, 0.2) is 0 Å². The van der Waals surface area contributed by atoms with Crippen LogP contribution < -0.4 is 5.32 Å². The van der Waals surface area contributed by atoms with Crippen molar-refractivity contribution in [2.75, 3.05) is 13.1 Å². The molecule has 16 heavy (non-hydrogen) atoms. The summed E-state index contributed by atoms with van der Waals surface area (Å²) >= 11 is 0. The van der Waals surface area contributed by atoms with Crippen molar-refractivity contribution < 1.29 is 0 Å². The molecule has 1 fully saturated rings. The lowest BCUT2D eigenvalue weighted by atomic mass is 9.91. The molecule has 1 aromatic carbocycles. The van der Waals surface area contributed by atoms with E-state index in [1.54, 1.807) is 0 Å². The summed E-state index contributed by atoms with van der Waals surface area (Å²) in [7, 11) is 0. The maximum atomic E-state index is 4.03. The minimum Gasteiger partial charge on any atom is -0.316 e. The maximum Gasteiger partial charge on any atom is 0.0565 e. The Hall–Kier alpha value is -1.61. The van der Waals surface area contributed by atoms with Crippen LogP contribution in [0.25, 0.3) is 11.1 Å². The third-order valence-corrected chi connectivity index (χ3v) is 3.27. The summed E-state index contributed by atoms with van der Waals surface area (Å²) in [5.74, 6) is 0.645. The summed E-state index contributed by atoms with van der Waals surface area (Å²) in [6.07, 6.45) is 5.08. The number of H-pyrrole nitrogens is 1. The van der Waals surface area contributed by atoms with Gasteiger partial charge in [0.05, 0.1) is 6.20 Å². The summed E-state index contributed by atoms with van der Waals surface area (Å²) in [5.41, 5.74) is 3.93. The van der Waals surface area contributed by atoms with Gasteiger partial charge in [-0.2, -0.15) is 5.10 Å². The van der Waals surface area contributed by atoms with Crippen LogP contribution in [-0.2, 0) is 0 Å². The second kappa shape index (κ2) is 4.10. The third-order valence-electron chi connectivity index (χ3n) is 3.27. The SMILES string of the molecule is c1ccc(C2CCNC2)c(-c2cn[nH]c2)c1. The molecule has 1 aliphatic rings. The molecule has 1 aliphatic heterocycles. The molecular formula is C13H15N3. The zero-order valence-electron chi connectivity index (χ0n) is 9.11. The molecule has 82 valence electrons. The number of aromatic nitrogens is 2. The number of nitrogens with one attached hydrogen (secondary N) is 2. The molecule has 1 unspecified atom stereocenters. The van der Waals surface area contributed by atoms with Crippen molar-refractivity contribution in [1.29, 1.82) is 0 Å². The Bertz CT molecular complexity index is 456. The highest BCUT2D eigenvalue weighted by Crippen LogP contribution is 2.31. The van der Waals surface area contributed by atoms with Gasteiger partial charge in [-0.05, 0) is 30.0 Å². The van der Waals surface area contributed by atoms with Crippen LogP contribution in [0.4, 0.5) is 0 Å². The maximum absolute atomic E-state index is 4.03. The third kappa shape index (κ3) is 1.63. The predicted octanol–water partition coefficient (Wildman–Crippen LogP) is 2.15. The highest BCUT2D eigenvalue weighted by molar-refractivity contribution is 5.66. The fraction of sp³-hybridized carbons (Fsp3) is 0.308. The summed E-state index contributed by atoms with van der Waals surface area (Å²) in [6, 6.07) is 8.63. The molecule has 0 aliphatic carbocycles. The Morgan fingerprint density at radius 1 is 1.25 bits per heavy atom. The fourth-order valence-corrected chi connectivity index (χ4v) is 2.43. The molecule has 2 N–H and O–H groups in total. The highest BCUT2D eigenvalue weighted by atomic mass is 15.1. The number of rotatable bonds is 2. The topological polar surface area (TPSA) is 40.7 Å². The van der Waals surface area contributed by atoms with Crippen LogP contribution in [-0.4, -0.2) is 23.3 Å². The lowest BCUT2D eigenvalue weighted by Crippen LogP contribution is -2.08. The summed E-state index contributed by atoms with van der Waals surface area (Å²) in [4.78, 5) is 0. The van der Waals surface area contributed by atoms with Crippen molar-refractivity contribution in [2.45, 2.75) is 12.3 Å². The minimum absolute atomic E-state index is 0.645. The number of aromatic amines is 1. The van der Waals surface area contributed by atoms with Crippen molar-refractivity contribution in [3.05, 3.63) is 42.2 Å². The number of benzene rings is 1. The van der Waals surface area contributed by atoms with E-state index in [2.05, 4.69) is 39.8 Å². The van der Waals surface area contributed by atoms with E-state index in [0.717, 1.165) is 13.1 Å². The Morgan fingerprint density at radius 2 is 2.19 bits per heavy atom. The first-order valence-corrected chi connectivity index (χ1v) is 5.74. The molecule has 0 saturated carbocycles. The van der Waals surface area contributed by atoms with Gasteiger partial charge in [0.25, 0.3) is 0 Å². The molecular weight excluding hydrogens is 198 g/mol. The first kappa shape index (κ1) is 9.60. The van der Waals surface area contributed by atoms with Crippen LogP contribution in [0.15, 0.2) is 36.7 Å². The second-order valence-electron chi connectivity index (χ2n) is 4.26. The summed E-state index contributed by atoms with van der Waals surface area (Å²) < 4.78 is 0. The molecule has 2 heterocycles. The monoisotopic (exact) mass is 213 g/mol. The minimum atomic E-state index is 0.645. The van der Waals surface area contributed by atoms with Gasteiger partial charge in [0, 0.05) is 18.3 Å². The highest BCUT2D eigenvalue weighted by Gasteiger charge is 2.19. The normalized spacial score (nSPS) is 20.1. The van der Waals surface area contributed by atoms with E-state index in [0.29, 0.717) is 5.92 Å². The summed E-state index contributed by atoms with van der Waals surface area (Å²) in [6.45, 7) is 2.22. The average Bonchev–Trinajstić information content (AvgIpc) is 3.03. The Morgan fingerprint density at radius 3 is 2.94 bits per heavy atom. The van der Waals surface area contributed by atoms with Crippen molar-refractivity contribution in [1.82, 2.24) is 15.5 Å². The molecule has 3 rings (SSSR count). The van der Waals surface area contributed by atoms with Gasteiger partial charge < -0.3 is 5.32 Å². The van der Waals surface area contributed by atoms with E-state index < -0.39 is 0 Å². The molecule has 2 aromatic rings. The van der Waals surface area contributed by atoms with Gasteiger partial charge in [0.2, 0.25) is 0 Å². The van der Waals surface area contributed by atoms with E-state index in [1.807, 2.05) is 12.4 Å². The van der Waals surface area contributed by atoms with Crippen LogP contribution in [0.5, 0.6) is 0 Å². The van der Waals surface area contributed by atoms with Gasteiger partial charge in [-0.15, -0.1) is 0 Å². The van der Waals surface area contributed by atoms with Crippen LogP contribution >= 0.6 is 0 Å². The number of nitrogens with zero attached hydrogens (tertiary/aromatic N) is 1. The van der Waals surface area contributed by atoms with Crippen LogP contribution in [0, 0.1) is 0 Å². The van der Waals surface area contributed by atoms with E-state index in [1.165, 1.54) is 23.1 Å². The lowest BCUT2D eigenvalue weighted by molar-refractivity contribution is 0.765. The molecule has 0 spiro atoms. The number of hydrogen-bond donors (Lipinski definition) is 2. The molecule has 0 bridgehead atoms. The van der Waals surface area contributed by atoms with Crippen molar-refractivity contribution >= 4 is 0 Å². The van der Waals surface area contributed by atoms with Crippen LogP contribution in [0.3, 0.4) is 0 Å². The van der Waals surface area contributed by atoms with Crippen molar-refractivity contribution in [2.24, 2.45) is 0 Å². The largest absolute Gasteiger partial charge is 0.316 e. The first-order valence-electron chi connectivity index (χ1n) is 5.74. The molecule has 3 heteroatoms. The summed E-state index contributed by atoms with van der Waals surface area (Å²) in [5, 5.41) is 10.3.